The van der Waals surface area contributed by atoms with E-state index in [4.69, 9.17) is 9.90 Å². The van der Waals surface area contributed by atoms with Gasteiger partial charge in [-0.1, -0.05) is 0 Å². The van der Waals surface area contributed by atoms with Crippen LogP contribution in [0.4, 0.5) is 27.8 Å². The number of likely N-dealkylation sites (tertiary alicyclic amines) is 1. The molecule has 2 aromatic heterocycles. The zero-order valence-electron chi connectivity index (χ0n) is 17.3. The van der Waals surface area contributed by atoms with Crippen LogP contribution in [-0.2, 0) is 18.4 Å². The summed E-state index contributed by atoms with van der Waals surface area (Å²) in [4.78, 5) is 21.3. The lowest BCUT2D eigenvalue weighted by atomic mass is 9.75. The first-order valence-corrected chi connectivity index (χ1v) is 9.81. The van der Waals surface area contributed by atoms with Crippen molar-refractivity contribution in [2.45, 2.75) is 31.5 Å². The standard InChI is InChI=1S/C17H22F2N6.C2HF3O2/c1-23-10-14(8-22-23)11-24-6-3-17(18,19)16(12-24)2-7-25(13-16)15-9-20-4-5-21-15;3-2(4,5)1(6)7/h4-5,8-10H,2-3,6-7,11-13H2,1H3;(H,6,7). The van der Waals surface area contributed by atoms with E-state index in [0.717, 1.165) is 5.56 Å². The minimum absolute atomic E-state index is 0.0957. The van der Waals surface area contributed by atoms with Gasteiger partial charge in [0.25, 0.3) is 5.92 Å². The Hall–Kier alpha value is -2.83. The van der Waals surface area contributed by atoms with E-state index in [1.807, 2.05) is 18.1 Å². The fourth-order valence-electron chi connectivity index (χ4n) is 4.08. The molecule has 1 spiro atoms. The molecule has 4 heterocycles. The van der Waals surface area contributed by atoms with Crippen molar-refractivity contribution < 1.29 is 31.9 Å². The molecule has 2 aromatic rings. The topological polar surface area (TPSA) is 87.4 Å². The van der Waals surface area contributed by atoms with Crippen molar-refractivity contribution in [2.75, 3.05) is 31.1 Å². The Morgan fingerprint density at radius 1 is 1.16 bits per heavy atom. The van der Waals surface area contributed by atoms with Crippen molar-refractivity contribution >= 4 is 11.8 Å². The molecule has 2 fully saturated rings. The van der Waals surface area contributed by atoms with Gasteiger partial charge in [0, 0.05) is 70.3 Å². The number of aryl methyl sites for hydroxylation is 1. The van der Waals surface area contributed by atoms with E-state index in [1.165, 1.54) is 0 Å². The van der Waals surface area contributed by atoms with Crippen LogP contribution in [0.25, 0.3) is 0 Å². The van der Waals surface area contributed by atoms with Crippen LogP contribution in [0.2, 0.25) is 0 Å². The fraction of sp³-hybridized carbons (Fsp3) is 0.579. The average Bonchev–Trinajstić information content (AvgIpc) is 3.33. The number of anilines is 1. The van der Waals surface area contributed by atoms with Crippen LogP contribution >= 0.6 is 0 Å². The summed E-state index contributed by atoms with van der Waals surface area (Å²) in [6.07, 6.45) is 3.89. The molecule has 0 aliphatic carbocycles. The largest absolute Gasteiger partial charge is 0.490 e. The number of hydrogen-bond acceptors (Lipinski definition) is 6. The Bertz CT molecular complexity index is 922. The van der Waals surface area contributed by atoms with Gasteiger partial charge in [-0.05, 0) is 6.42 Å². The number of carboxylic acids is 1. The molecule has 176 valence electrons. The van der Waals surface area contributed by atoms with E-state index in [9.17, 15) is 22.0 Å². The highest BCUT2D eigenvalue weighted by Crippen LogP contribution is 2.50. The molecule has 1 unspecified atom stereocenters. The monoisotopic (exact) mass is 462 g/mol. The van der Waals surface area contributed by atoms with Crippen molar-refractivity contribution in [3.8, 4) is 0 Å². The van der Waals surface area contributed by atoms with E-state index < -0.39 is 23.5 Å². The first kappa shape index (κ1) is 23.8. The molecule has 0 bridgehead atoms. The normalized spacial score (nSPS) is 23.1. The maximum atomic E-state index is 14.9. The predicted molar refractivity (Wildman–Crippen MR) is 103 cm³/mol. The summed E-state index contributed by atoms with van der Waals surface area (Å²) < 4.78 is 63.2. The molecule has 1 atom stereocenters. The van der Waals surface area contributed by atoms with Crippen molar-refractivity contribution in [2.24, 2.45) is 12.5 Å². The summed E-state index contributed by atoms with van der Waals surface area (Å²) >= 11 is 0. The lowest BCUT2D eigenvalue weighted by molar-refractivity contribution is -0.192. The van der Waals surface area contributed by atoms with Crippen molar-refractivity contribution in [1.82, 2.24) is 24.6 Å². The van der Waals surface area contributed by atoms with E-state index in [0.29, 0.717) is 45.0 Å². The second-order valence-corrected chi connectivity index (χ2v) is 8.01. The second kappa shape index (κ2) is 8.96. The number of piperidine rings is 1. The van der Waals surface area contributed by atoms with Gasteiger partial charge < -0.3 is 10.0 Å². The maximum absolute atomic E-state index is 14.9. The summed E-state index contributed by atoms with van der Waals surface area (Å²) in [5, 5.41) is 11.3. The molecule has 0 radical (unpaired) electrons. The molecule has 2 aliphatic heterocycles. The predicted octanol–water partition coefficient (Wildman–Crippen LogP) is 2.58. The number of hydrogen-bond donors (Lipinski definition) is 1. The van der Waals surface area contributed by atoms with E-state index in [1.54, 1.807) is 29.5 Å². The van der Waals surface area contributed by atoms with Gasteiger partial charge in [0.05, 0.1) is 17.8 Å². The lowest BCUT2D eigenvalue weighted by Gasteiger charge is -2.45. The van der Waals surface area contributed by atoms with Crippen LogP contribution in [0, 0.1) is 5.41 Å². The third-order valence-corrected chi connectivity index (χ3v) is 5.68. The van der Waals surface area contributed by atoms with Gasteiger partial charge in [-0.2, -0.15) is 18.3 Å². The first-order chi connectivity index (χ1) is 14.9. The molecule has 2 aliphatic rings. The highest BCUT2D eigenvalue weighted by atomic mass is 19.4. The van der Waals surface area contributed by atoms with Crippen LogP contribution in [0.5, 0.6) is 0 Å². The van der Waals surface area contributed by atoms with E-state index >= 15 is 0 Å². The first-order valence-electron chi connectivity index (χ1n) is 9.81. The fourth-order valence-corrected chi connectivity index (χ4v) is 4.08. The number of carboxylic acid groups (broad SMARTS) is 1. The Kier molecular flexibility index (Phi) is 6.67. The Morgan fingerprint density at radius 3 is 2.44 bits per heavy atom. The lowest BCUT2D eigenvalue weighted by Crippen LogP contribution is -2.56. The number of aromatic nitrogens is 4. The molecule has 4 rings (SSSR count). The van der Waals surface area contributed by atoms with Crippen molar-refractivity contribution in [3.05, 3.63) is 36.5 Å². The smallest absolute Gasteiger partial charge is 0.475 e. The Morgan fingerprint density at radius 2 is 1.88 bits per heavy atom. The number of halogens is 5. The van der Waals surface area contributed by atoms with Crippen LogP contribution in [0.15, 0.2) is 31.0 Å². The van der Waals surface area contributed by atoms with Gasteiger partial charge in [0.2, 0.25) is 0 Å². The van der Waals surface area contributed by atoms with Gasteiger partial charge in [-0.25, -0.2) is 18.6 Å². The third kappa shape index (κ3) is 5.31. The Balaban J connectivity index is 0.000000360. The number of alkyl halides is 5. The minimum Gasteiger partial charge on any atom is -0.475 e. The second-order valence-electron chi connectivity index (χ2n) is 8.01. The van der Waals surface area contributed by atoms with E-state index in [-0.39, 0.29) is 6.42 Å². The summed E-state index contributed by atoms with van der Waals surface area (Å²) in [5.74, 6) is -4.73. The molecule has 1 N–H and O–H groups in total. The SMILES string of the molecule is Cn1cc(CN2CCC(F)(F)C3(CCN(c4cnccn4)C3)C2)cn1.O=C(O)C(F)(F)F. The summed E-state index contributed by atoms with van der Waals surface area (Å²) in [6, 6.07) is 0. The molecule has 0 aromatic carbocycles. The zero-order chi connectivity index (χ0) is 23.6. The molecule has 2 saturated heterocycles. The van der Waals surface area contributed by atoms with Crippen LogP contribution < -0.4 is 4.90 Å². The van der Waals surface area contributed by atoms with Crippen molar-refractivity contribution in [1.29, 1.82) is 0 Å². The minimum atomic E-state index is -5.08. The molecule has 0 amide bonds. The maximum Gasteiger partial charge on any atom is 0.490 e. The number of aliphatic carboxylic acids is 1. The molecule has 8 nitrogen and oxygen atoms in total. The summed E-state index contributed by atoms with van der Waals surface area (Å²) in [6.45, 7) is 2.38. The number of rotatable bonds is 3. The summed E-state index contributed by atoms with van der Waals surface area (Å²) in [7, 11) is 1.87. The molecular formula is C19H23F5N6O2. The quantitative estimate of drug-likeness (QED) is 0.702. The van der Waals surface area contributed by atoms with Gasteiger partial charge in [-0.15, -0.1) is 0 Å². The molecule has 0 saturated carbocycles. The van der Waals surface area contributed by atoms with Crippen LogP contribution in [0.3, 0.4) is 0 Å². The third-order valence-electron chi connectivity index (χ3n) is 5.68. The number of carbonyl (C=O) groups is 1. The van der Waals surface area contributed by atoms with Gasteiger partial charge in [0.15, 0.2) is 0 Å². The van der Waals surface area contributed by atoms with Gasteiger partial charge in [0.1, 0.15) is 5.82 Å². The van der Waals surface area contributed by atoms with Gasteiger partial charge in [-0.3, -0.25) is 14.6 Å². The molecule has 32 heavy (non-hydrogen) atoms. The molecule has 13 heteroatoms. The zero-order valence-corrected chi connectivity index (χ0v) is 17.3. The average molecular weight is 462 g/mol. The van der Waals surface area contributed by atoms with Crippen LogP contribution in [0.1, 0.15) is 18.4 Å². The van der Waals surface area contributed by atoms with Gasteiger partial charge >= 0.3 is 12.1 Å². The van der Waals surface area contributed by atoms with Crippen LogP contribution in [-0.4, -0.2) is 74.0 Å². The summed E-state index contributed by atoms with van der Waals surface area (Å²) in [5.41, 5.74) is 0.0389. The number of nitrogens with zero attached hydrogens (tertiary/aromatic N) is 6. The van der Waals surface area contributed by atoms with E-state index in [2.05, 4.69) is 20.0 Å². The van der Waals surface area contributed by atoms with Crippen molar-refractivity contribution in [3.63, 3.8) is 0 Å². The highest BCUT2D eigenvalue weighted by molar-refractivity contribution is 5.73. The molecular weight excluding hydrogens is 439 g/mol. The highest BCUT2D eigenvalue weighted by Gasteiger charge is 2.59. The Labute approximate surface area is 180 Å².